The summed E-state index contributed by atoms with van der Waals surface area (Å²) in [6, 6.07) is 9.64. The van der Waals surface area contributed by atoms with Crippen molar-refractivity contribution in [3.05, 3.63) is 41.5 Å². The predicted octanol–water partition coefficient (Wildman–Crippen LogP) is 2.68. The number of hydrogen-bond donors (Lipinski definition) is 0. The molecule has 13 heavy (non-hydrogen) atoms. The van der Waals surface area contributed by atoms with E-state index in [9.17, 15) is 0 Å². The van der Waals surface area contributed by atoms with Crippen LogP contribution in [0.4, 0.5) is 0 Å². The van der Waals surface area contributed by atoms with E-state index in [1.165, 1.54) is 0 Å². The Hall–Kier alpha value is -1.66. The summed E-state index contributed by atoms with van der Waals surface area (Å²) in [4.78, 5) is 5.08. The quantitative estimate of drug-likeness (QED) is 0.686. The second-order valence-corrected chi connectivity index (χ2v) is 3.44. The van der Waals surface area contributed by atoms with Gasteiger partial charge in [0.15, 0.2) is 0 Å². The Balaban J connectivity index is 2.49. The van der Waals surface area contributed by atoms with Gasteiger partial charge in [0, 0.05) is 6.20 Å². The van der Waals surface area contributed by atoms with Gasteiger partial charge in [0.05, 0.1) is 22.0 Å². The summed E-state index contributed by atoms with van der Waals surface area (Å²) in [5.41, 5.74) is 3.53. The molecule has 0 fully saturated rings. The number of nitrogens with zero attached hydrogens (tertiary/aromatic N) is 2. The van der Waals surface area contributed by atoms with E-state index in [4.69, 9.17) is 5.26 Å². The highest BCUT2D eigenvalue weighted by molar-refractivity contribution is 7.13. The van der Waals surface area contributed by atoms with Gasteiger partial charge in [0.1, 0.15) is 0 Å². The highest BCUT2D eigenvalue weighted by Gasteiger charge is 1.99. The van der Waals surface area contributed by atoms with Crippen molar-refractivity contribution >= 4 is 11.3 Å². The van der Waals surface area contributed by atoms with Crippen molar-refractivity contribution in [3.8, 4) is 16.5 Å². The van der Waals surface area contributed by atoms with Gasteiger partial charge in [0.25, 0.3) is 0 Å². The lowest BCUT2D eigenvalue weighted by Crippen LogP contribution is -1.75. The average Bonchev–Trinajstić information content (AvgIpc) is 2.71. The molecule has 0 saturated carbocycles. The number of thiazole rings is 1. The van der Waals surface area contributed by atoms with Gasteiger partial charge in [-0.15, -0.1) is 11.3 Å². The highest BCUT2D eigenvalue weighted by atomic mass is 32.1. The Kier molecular flexibility index (Phi) is 2.07. The molecule has 0 atom stereocenters. The van der Waals surface area contributed by atoms with E-state index >= 15 is 0 Å². The second kappa shape index (κ2) is 3.38. The van der Waals surface area contributed by atoms with E-state index in [0.717, 1.165) is 10.4 Å². The van der Waals surface area contributed by atoms with Gasteiger partial charge in [-0.2, -0.15) is 5.26 Å². The topological polar surface area (TPSA) is 36.7 Å². The maximum Gasteiger partial charge on any atom is 0.0991 e. The van der Waals surface area contributed by atoms with Crippen LogP contribution in [-0.2, 0) is 0 Å². The van der Waals surface area contributed by atoms with Crippen molar-refractivity contribution in [3.63, 3.8) is 0 Å². The Morgan fingerprint density at radius 2 is 2.31 bits per heavy atom. The van der Waals surface area contributed by atoms with Gasteiger partial charge in [-0.1, -0.05) is 12.1 Å². The first kappa shape index (κ1) is 7.96. The molecule has 0 aliphatic heterocycles. The SMILES string of the molecule is N#Cc1cccc(-c2cncs2)c1. The molecular formula is C10H6N2S. The van der Waals surface area contributed by atoms with E-state index in [1.54, 1.807) is 29.1 Å². The zero-order chi connectivity index (χ0) is 9.10. The monoisotopic (exact) mass is 186 g/mol. The van der Waals surface area contributed by atoms with Gasteiger partial charge in [-0.25, -0.2) is 0 Å². The molecule has 0 bridgehead atoms. The lowest BCUT2D eigenvalue weighted by molar-refractivity contribution is 1.42. The molecule has 62 valence electrons. The number of aromatic nitrogens is 1. The summed E-state index contributed by atoms with van der Waals surface area (Å²) in [6.45, 7) is 0. The zero-order valence-electron chi connectivity index (χ0n) is 6.77. The van der Waals surface area contributed by atoms with Crippen LogP contribution in [0.2, 0.25) is 0 Å². The minimum absolute atomic E-state index is 0.686. The molecule has 2 aromatic rings. The van der Waals surface area contributed by atoms with Crippen LogP contribution < -0.4 is 0 Å². The van der Waals surface area contributed by atoms with E-state index in [2.05, 4.69) is 11.1 Å². The molecule has 1 heterocycles. The molecule has 0 aliphatic rings. The van der Waals surface area contributed by atoms with Crippen LogP contribution in [0.15, 0.2) is 36.0 Å². The molecule has 0 unspecified atom stereocenters. The van der Waals surface area contributed by atoms with Gasteiger partial charge in [-0.3, -0.25) is 4.98 Å². The van der Waals surface area contributed by atoms with Gasteiger partial charge < -0.3 is 0 Å². The van der Waals surface area contributed by atoms with Gasteiger partial charge >= 0.3 is 0 Å². The summed E-state index contributed by atoms with van der Waals surface area (Å²) < 4.78 is 0. The van der Waals surface area contributed by atoms with Crippen LogP contribution in [0, 0.1) is 11.3 Å². The van der Waals surface area contributed by atoms with E-state index in [0.29, 0.717) is 5.56 Å². The Labute approximate surface area is 80.1 Å². The standard InChI is InChI=1S/C10H6N2S/c11-5-8-2-1-3-9(4-8)10-6-12-7-13-10/h1-4,6-7H. The number of nitriles is 1. The third-order valence-corrected chi connectivity index (χ3v) is 2.53. The summed E-state index contributed by atoms with van der Waals surface area (Å²) in [5, 5.41) is 8.70. The lowest BCUT2D eigenvalue weighted by atomic mass is 10.1. The first-order valence-corrected chi connectivity index (χ1v) is 4.67. The minimum atomic E-state index is 0.686. The third-order valence-electron chi connectivity index (χ3n) is 1.71. The van der Waals surface area contributed by atoms with Crippen molar-refractivity contribution in [1.29, 1.82) is 5.26 Å². The van der Waals surface area contributed by atoms with E-state index in [1.807, 2.05) is 18.2 Å². The van der Waals surface area contributed by atoms with Crippen molar-refractivity contribution < 1.29 is 0 Å². The molecule has 1 aromatic carbocycles. The van der Waals surface area contributed by atoms with Crippen molar-refractivity contribution in [1.82, 2.24) is 4.98 Å². The van der Waals surface area contributed by atoms with Crippen LogP contribution in [0.1, 0.15) is 5.56 Å². The van der Waals surface area contributed by atoms with Crippen molar-refractivity contribution in [2.24, 2.45) is 0 Å². The number of benzene rings is 1. The van der Waals surface area contributed by atoms with Crippen LogP contribution in [-0.4, -0.2) is 4.98 Å². The Morgan fingerprint density at radius 3 is 3.00 bits per heavy atom. The minimum Gasteiger partial charge on any atom is -0.252 e. The third kappa shape index (κ3) is 1.58. The molecule has 0 spiro atoms. The number of rotatable bonds is 1. The zero-order valence-corrected chi connectivity index (χ0v) is 7.58. The number of hydrogen-bond acceptors (Lipinski definition) is 3. The lowest BCUT2D eigenvalue weighted by Gasteiger charge is -1.95. The Morgan fingerprint density at radius 1 is 1.38 bits per heavy atom. The Bertz CT molecular complexity index is 440. The molecule has 2 rings (SSSR count). The second-order valence-electron chi connectivity index (χ2n) is 2.56. The van der Waals surface area contributed by atoms with Crippen molar-refractivity contribution in [2.75, 3.05) is 0 Å². The van der Waals surface area contributed by atoms with Crippen molar-refractivity contribution in [2.45, 2.75) is 0 Å². The van der Waals surface area contributed by atoms with Crippen LogP contribution >= 0.6 is 11.3 Å². The molecule has 0 aliphatic carbocycles. The molecule has 1 aromatic heterocycles. The predicted molar refractivity (Wildman–Crippen MR) is 52.3 cm³/mol. The molecule has 0 radical (unpaired) electrons. The fraction of sp³-hybridized carbons (Fsp3) is 0. The molecule has 0 N–H and O–H groups in total. The van der Waals surface area contributed by atoms with Gasteiger partial charge in [-0.05, 0) is 17.7 Å². The molecule has 3 heteroatoms. The largest absolute Gasteiger partial charge is 0.252 e. The summed E-state index contributed by atoms with van der Waals surface area (Å²) >= 11 is 1.57. The molecule has 0 saturated heterocycles. The first-order valence-electron chi connectivity index (χ1n) is 3.79. The highest BCUT2D eigenvalue weighted by Crippen LogP contribution is 2.23. The van der Waals surface area contributed by atoms with E-state index < -0.39 is 0 Å². The fourth-order valence-corrected chi connectivity index (χ4v) is 1.72. The average molecular weight is 186 g/mol. The summed E-state index contributed by atoms with van der Waals surface area (Å²) in [6.07, 6.45) is 1.81. The maximum atomic E-state index is 8.70. The summed E-state index contributed by atoms with van der Waals surface area (Å²) in [7, 11) is 0. The maximum absolute atomic E-state index is 8.70. The first-order chi connectivity index (χ1) is 6.40. The normalized spacial score (nSPS) is 9.46. The van der Waals surface area contributed by atoms with Gasteiger partial charge in [0.2, 0.25) is 0 Å². The van der Waals surface area contributed by atoms with Crippen LogP contribution in [0.25, 0.3) is 10.4 Å². The fourth-order valence-electron chi connectivity index (χ4n) is 1.10. The van der Waals surface area contributed by atoms with Crippen LogP contribution in [0.5, 0.6) is 0 Å². The molecule has 2 nitrogen and oxygen atoms in total. The molecular weight excluding hydrogens is 180 g/mol. The summed E-state index contributed by atoms with van der Waals surface area (Å²) in [5.74, 6) is 0. The molecule has 0 amide bonds. The van der Waals surface area contributed by atoms with Crippen LogP contribution in [0.3, 0.4) is 0 Å². The van der Waals surface area contributed by atoms with E-state index in [-0.39, 0.29) is 0 Å². The smallest absolute Gasteiger partial charge is 0.0991 e.